The zero-order chi connectivity index (χ0) is 19.3. The van der Waals surface area contributed by atoms with E-state index in [1.165, 1.54) is 11.3 Å². The van der Waals surface area contributed by atoms with Gasteiger partial charge in [-0.2, -0.15) is 0 Å². The van der Waals surface area contributed by atoms with Gasteiger partial charge in [0.25, 0.3) is 5.91 Å². The lowest BCUT2D eigenvalue weighted by Crippen LogP contribution is -2.31. The van der Waals surface area contributed by atoms with Gasteiger partial charge in [-0.15, -0.1) is 11.3 Å². The lowest BCUT2D eigenvalue weighted by molar-refractivity contribution is 0.0929. The van der Waals surface area contributed by atoms with Gasteiger partial charge in [-0.1, -0.05) is 36.4 Å². The molecule has 1 aromatic heterocycles. The maximum Gasteiger partial charge on any atom is 0.324 e. The summed E-state index contributed by atoms with van der Waals surface area (Å²) in [5.74, 6) is 0.647. The van der Waals surface area contributed by atoms with Crippen LogP contribution in [0.2, 0.25) is 0 Å². The van der Waals surface area contributed by atoms with Gasteiger partial charge in [0.15, 0.2) is 0 Å². The third-order valence-corrected chi connectivity index (χ3v) is 5.36. The van der Waals surface area contributed by atoms with Gasteiger partial charge in [0.1, 0.15) is 5.75 Å². The molecule has 3 N–H and O–H groups in total. The minimum absolute atomic E-state index is 0.0858. The summed E-state index contributed by atoms with van der Waals surface area (Å²) >= 11 is 1.23. The number of para-hydroxylation sites is 2. The van der Waals surface area contributed by atoms with E-state index in [1.54, 1.807) is 24.3 Å². The zero-order valence-electron chi connectivity index (χ0n) is 15.0. The van der Waals surface area contributed by atoms with E-state index in [2.05, 4.69) is 16.0 Å². The summed E-state index contributed by atoms with van der Waals surface area (Å²) in [6.07, 6.45) is 0.721. The molecule has 1 aliphatic heterocycles. The second-order valence-electron chi connectivity index (χ2n) is 6.31. The molecule has 1 atom stereocenters. The van der Waals surface area contributed by atoms with Crippen LogP contribution in [-0.4, -0.2) is 18.5 Å². The molecule has 3 amide bonds. The Labute approximate surface area is 166 Å². The number of anilines is 2. The first-order valence-electron chi connectivity index (χ1n) is 8.94. The minimum Gasteiger partial charge on any atom is -0.493 e. The fourth-order valence-electron chi connectivity index (χ4n) is 3.04. The molecule has 0 spiro atoms. The van der Waals surface area contributed by atoms with E-state index in [0.29, 0.717) is 22.2 Å². The van der Waals surface area contributed by atoms with Crippen molar-refractivity contribution in [2.45, 2.75) is 12.5 Å². The second kappa shape index (κ2) is 8.14. The summed E-state index contributed by atoms with van der Waals surface area (Å²) in [4.78, 5) is 25.3. The van der Waals surface area contributed by atoms with E-state index in [4.69, 9.17) is 4.74 Å². The van der Waals surface area contributed by atoms with E-state index in [9.17, 15) is 9.59 Å². The number of hydrogen-bond donors (Lipinski definition) is 3. The van der Waals surface area contributed by atoms with Crippen LogP contribution in [0, 0.1) is 0 Å². The van der Waals surface area contributed by atoms with Crippen molar-refractivity contribution in [2.75, 3.05) is 17.2 Å². The summed E-state index contributed by atoms with van der Waals surface area (Å²) in [6.45, 7) is 0.568. The summed E-state index contributed by atoms with van der Waals surface area (Å²) in [5, 5.41) is 9.16. The molecule has 0 fully saturated rings. The van der Waals surface area contributed by atoms with Crippen molar-refractivity contribution in [2.24, 2.45) is 0 Å². The van der Waals surface area contributed by atoms with Crippen molar-refractivity contribution in [3.05, 3.63) is 77.2 Å². The number of hydrogen-bond acceptors (Lipinski definition) is 4. The summed E-state index contributed by atoms with van der Waals surface area (Å²) in [6, 6.07) is 19.9. The monoisotopic (exact) mass is 393 g/mol. The highest BCUT2D eigenvalue weighted by Crippen LogP contribution is 2.32. The standard InChI is InChI=1S/C21H19N3O3S/c25-20(23-16-12-13-27-17-9-5-4-8-15(16)17)18-10-11-19(28-18)24-21(26)22-14-6-2-1-3-7-14/h1-11,16H,12-13H2,(H,23,25)(H2,22,24,26). The molecular formula is C21H19N3O3S. The number of urea groups is 1. The van der Waals surface area contributed by atoms with E-state index in [-0.39, 0.29) is 18.0 Å². The second-order valence-corrected chi connectivity index (χ2v) is 7.39. The van der Waals surface area contributed by atoms with Crippen molar-refractivity contribution in [1.29, 1.82) is 0 Å². The molecule has 0 saturated carbocycles. The SMILES string of the molecule is O=C(Nc1ccccc1)Nc1ccc(C(=O)NC2CCOc3ccccc32)s1. The van der Waals surface area contributed by atoms with E-state index < -0.39 is 0 Å². The smallest absolute Gasteiger partial charge is 0.324 e. The van der Waals surface area contributed by atoms with Crippen molar-refractivity contribution in [3.8, 4) is 5.75 Å². The highest BCUT2D eigenvalue weighted by Gasteiger charge is 2.23. The van der Waals surface area contributed by atoms with Crippen molar-refractivity contribution >= 4 is 34.0 Å². The minimum atomic E-state index is -0.349. The molecule has 28 heavy (non-hydrogen) atoms. The molecule has 2 heterocycles. The lowest BCUT2D eigenvalue weighted by atomic mass is 10.0. The normalized spacial score (nSPS) is 15.1. The average molecular weight is 393 g/mol. The zero-order valence-corrected chi connectivity index (χ0v) is 15.8. The number of amides is 3. The number of carbonyl (C=O) groups is 2. The van der Waals surface area contributed by atoms with E-state index in [1.807, 2.05) is 42.5 Å². The van der Waals surface area contributed by atoms with Crippen LogP contribution in [0.3, 0.4) is 0 Å². The maximum absolute atomic E-state index is 12.6. The molecule has 0 radical (unpaired) electrons. The highest BCUT2D eigenvalue weighted by atomic mass is 32.1. The van der Waals surface area contributed by atoms with Crippen LogP contribution in [0.1, 0.15) is 27.7 Å². The summed E-state index contributed by atoms with van der Waals surface area (Å²) in [7, 11) is 0. The Hall–Kier alpha value is -3.32. The quantitative estimate of drug-likeness (QED) is 0.604. The average Bonchev–Trinajstić information content (AvgIpc) is 3.17. The van der Waals surface area contributed by atoms with Crippen LogP contribution in [0.5, 0.6) is 5.75 Å². The molecule has 2 aromatic carbocycles. The van der Waals surface area contributed by atoms with Crippen molar-refractivity contribution < 1.29 is 14.3 Å². The lowest BCUT2D eigenvalue weighted by Gasteiger charge is -2.26. The Morgan fingerprint density at radius 1 is 0.929 bits per heavy atom. The third kappa shape index (κ3) is 4.15. The van der Waals surface area contributed by atoms with Crippen LogP contribution < -0.4 is 20.7 Å². The number of thiophene rings is 1. The number of ether oxygens (including phenoxy) is 1. The topological polar surface area (TPSA) is 79.5 Å². The Balaban J connectivity index is 1.38. The molecule has 0 aliphatic carbocycles. The number of fused-ring (bicyclic) bond motifs is 1. The predicted molar refractivity (Wildman–Crippen MR) is 110 cm³/mol. The van der Waals surface area contributed by atoms with E-state index >= 15 is 0 Å². The molecule has 1 unspecified atom stereocenters. The van der Waals surface area contributed by atoms with Gasteiger partial charge in [-0.05, 0) is 30.3 Å². The largest absolute Gasteiger partial charge is 0.493 e. The Morgan fingerprint density at radius 2 is 1.71 bits per heavy atom. The van der Waals surface area contributed by atoms with Gasteiger partial charge >= 0.3 is 6.03 Å². The van der Waals surface area contributed by atoms with E-state index in [0.717, 1.165) is 17.7 Å². The van der Waals surface area contributed by atoms with Gasteiger partial charge in [0.05, 0.1) is 22.5 Å². The molecule has 0 saturated heterocycles. The Kier molecular flexibility index (Phi) is 5.25. The first kappa shape index (κ1) is 18.1. The van der Waals surface area contributed by atoms with Gasteiger partial charge in [-0.3, -0.25) is 10.1 Å². The first-order valence-corrected chi connectivity index (χ1v) is 9.76. The molecule has 7 heteroatoms. The van der Waals surface area contributed by atoms with Crippen molar-refractivity contribution in [3.63, 3.8) is 0 Å². The summed E-state index contributed by atoms with van der Waals surface area (Å²) in [5.41, 5.74) is 1.69. The van der Waals surface area contributed by atoms with Crippen molar-refractivity contribution in [1.82, 2.24) is 5.32 Å². The Bertz CT molecular complexity index is 987. The number of carbonyl (C=O) groups excluding carboxylic acids is 2. The molecule has 0 bridgehead atoms. The third-order valence-electron chi connectivity index (χ3n) is 4.36. The fourth-order valence-corrected chi connectivity index (χ4v) is 3.85. The molecule has 1 aliphatic rings. The van der Waals surface area contributed by atoms with Gasteiger partial charge in [0.2, 0.25) is 0 Å². The molecular weight excluding hydrogens is 374 g/mol. The molecule has 6 nitrogen and oxygen atoms in total. The number of benzene rings is 2. The van der Waals surface area contributed by atoms with Crippen LogP contribution in [0.4, 0.5) is 15.5 Å². The van der Waals surface area contributed by atoms with Gasteiger partial charge < -0.3 is 15.4 Å². The molecule has 4 rings (SSSR count). The molecule has 3 aromatic rings. The van der Waals surface area contributed by atoms with Crippen LogP contribution >= 0.6 is 11.3 Å². The number of rotatable bonds is 4. The number of nitrogens with one attached hydrogen (secondary N) is 3. The maximum atomic E-state index is 12.6. The predicted octanol–water partition coefficient (Wildman–Crippen LogP) is 4.65. The first-order chi connectivity index (χ1) is 13.7. The van der Waals surface area contributed by atoms with Gasteiger partial charge in [0, 0.05) is 17.7 Å². The highest BCUT2D eigenvalue weighted by molar-refractivity contribution is 7.18. The fraction of sp³-hybridized carbons (Fsp3) is 0.143. The van der Waals surface area contributed by atoms with Crippen LogP contribution in [-0.2, 0) is 0 Å². The molecule has 142 valence electrons. The Morgan fingerprint density at radius 3 is 2.57 bits per heavy atom. The summed E-state index contributed by atoms with van der Waals surface area (Å²) < 4.78 is 5.63. The van der Waals surface area contributed by atoms with Crippen LogP contribution in [0.15, 0.2) is 66.7 Å². The van der Waals surface area contributed by atoms with Gasteiger partial charge in [-0.25, -0.2) is 4.79 Å². The van der Waals surface area contributed by atoms with Crippen LogP contribution in [0.25, 0.3) is 0 Å².